The van der Waals surface area contributed by atoms with Crippen LogP contribution in [0.3, 0.4) is 0 Å². The maximum atomic E-state index is 12.7. The fourth-order valence-electron chi connectivity index (χ4n) is 3.93. The van der Waals surface area contributed by atoms with E-state index in [4.69, 9.17) is 4.74 Å². The Balaban J connectivity index is 1.55. The van der Waals surface area contributed by atoms with E-state index in [0.29, 0.717) is 10.5 Å². The average Bonchev–Trinajstić information content (AvgIpc) is 2.77. The molecule has 0 aromatic heterocycles. The molecule has 2 amide bonds. The first-order valence-corrected chi connectivity index (χ1v) is 11.9. The molecular weight excluding hydrogens is 424 g/mol. The summed E-state index contributed by atoms with van der Waals surface area (Å²) in [5.41, 5.74) is 2.20. The molecule has 0 radical (unpaired) electrons. The predicted octanol–water partition coefficient (Wildman–Crippen LogP) is 4.67. The molecule has 170 valence electrons. The summed E-state index contributed by atoms with van der Waals surface area (Å²) in [6.07, 6.45) is 3.04. The highest BCUT2D eigenvalue weighted by atomic mass is 32.2. The molecule has 3 rings (SSSR count). The highest BCUT2D eigenvalue weighted by Crippen LogP contribution is 2.25. The minimum atomic E-state index is -0.558. The molecule has 32 heavy (non-hydrogen) atoms. The van der Waals surface area contributed by atoms with Crippen molar-refractivity contribution in [1.29, 1.82) is 0 Å². The van der Waals surface area contributed by atoms with Crippen molar-refractivity contribution in [2.24, 2.45) is 0 Å². The van der Waals surface area contributed by atoms with E-state index in [9.17, 15) is 14.4 Å². The van der Waals surface area contributed by atoms with Crippen LogP contribution in [0, 0.1) is 6.92 Å². The number of carbonyl (C=O) groups is 3. The number of likely N-dealkylation sites (tertiary alicyclic amines) is 1. The molecule has 1 aliphatic heterocycles. The summed E-state index contributed by atoms with van der Waals surface area (Å²) in [7, 11) is 0. The maximum Gasteiger partial charge on any atom is 0.339 e. The number of anilines is 1. The third-order valence-electron chi connectivity index (χ3n) is 5.61. The molecule has 0 spiro atoms. The number of amides is 2. The highest BCUT2D eigenvalue weighted by molar-refractivity contribution is 8.00. The van der Waals surface area contributed by atoms with Crippen molar-refractivity contribution in [3.05, 3.63) is 59.7 Å². The Morgan fingerprint density at radius 2 is 1.69 bits per heavy atom. The molecule has 0 unspecified atom stereocenters. The number of ether oxygens (including phenoxy) is 1. The van der Waals surface area contributed by atoms with Gasteiger partial charge in [-0.3, -0.25) is 9.59 Å². The summed E-state index contributed by atoms with van der Waals surface area (Å²) in [4.78, 5) is 40.1. The van der Waals surface area contributed by atoms with Crippen LogP contribution in [0.25, 0.3) is 0 Å². The van der Waals surface area contributed by atoms with Gasteiger partial charge in [0.2, 0.25) is 5.91 Å². The van der Waals surface area contributed by atoms with Gasteiger partial charge in [-0.2, -0.15) is 0 Å². The minimum absolute atomic E-state index is 0.153. The number of thioether (sulfide) groups is 1. The standard InChI is InChI=1S/C25H30N2O4S/c1-17-11-13-20(14-12-17)26-23(28)16-32-22-10-5-4-9-21(22)25(30)31-15-24(29)27-18(2)7-6-8-19(27)3/h4-5,9-14,18-19H,6-8,15-16H2,1-3H3,(H,26,28)/t18-,19-/m1/s1. The molecule has 2 aromatic rings. The second-order valence-electron chi connectivity index (χ2n) is 8.21. The number of nitrogens with zero attached hydrogens (tertiary/aromatic N) is 1. The Kier molecular flexibility index (Phi) is 8.33. The van der Waals surface area contributed by atoms with Gasteiger partial charge >= 0.3 is 5.97 Å². The summed E-state index contributed by atoms with van der Waals surface area (Å²) < 4.78 is 5.35. The third-order valence-corrected chi connectivity index (χ3v) is 6.68. The second-order valence-corrected chi connectivity index (χ2v) is 9.22. The van der Waals surface area contributed by atoms with Crippen LogP contribution in [-0.4, -0.2) is 47.1 Å². The Morgan fingerprint density at radius 1 is 1.03 bits per heavy atom. The molecule has 1 N–H and O–H groups in total. The number of piperidine rings is 1. The summed E-state index contributed by atoms with van der Waals surface area (Å²) in [5.74, 6) is -0.733. The van der Waals surface area contributed by atoms with Gasteiger partial charge in [0.1, 0.15) is 0 Å². The quantitative estimate of drug-likeness (QED) is 0.486. The molecule has 2 aromatic carbocycles. The highest BCUT2D eigenvalue weighted by Gasteiger charge is 2.29. The van der Waals surface area contributed by atoms with Crippen LogP contribution >= 0.6 is 11.8 Å². The Morgan fingerprint density at radius 3 is 2.38 bits per heavy atom. The number of aryl methyl sites for hydroxylation is 1. The van der Waals surface area contributed by atoms with Crippen molar-refractivity contribution in [2.45, 2.75) is 57.0 Å². The van der Waals surface area contributed by atoms with Crippen LogP contribution < -0.4 is 5.32 Å². The molecule has 1 heterocycles. The van der Waals surface area contributed by atoms with Gasteiger partial charge < -0.3 is 15.0 Å². The fourth-order valence-corrected chi connectivity index (χ4v) is 4.77. The topological polar surface area (TPSA) is 75.7 Å². The molecule has 0 bridgehead atoms. The van der Waals surface area contributed by atoms with E-state index in [2.05, 4.69) is 5.32 Å². The number of esters is 1. The zero-order valence-corrected chi connectivity index (χ0v) is 19.6. The Hall–Kier alpha value is -2.80. The monoisotopic (exact) mass is 454 g/mol. The Labute approximate surface area is 193 Å². The molecule has 0 saturated carbocycles. The van der Waals surface area contributed by atoms with E-state index in [1.165, 1.54) is 11.8 Å². The van der Waals surface area contributed by atoms with Gasteiger partial charge in [-0.05, 0) is 64.3 Å². The van der Waals surface area contributed by atoms with E-state index in [1.54, 1.807) is 24.3 Å². The summed E-state index contributed by atoms with van der Waals surface area (Å²) in [5, 5.41) is 2.85. The van der Waals surface area contributed by atoms with E-state index >= 15 is 0 Å². The SMILES string of the molecule is Cc1ccc(NC(=O)CSc2ccccc2C(=O)OCC(=O)N2[C@H](C)CCC[C@H]2C)cc1. The third kappa shape index (κ3) is 6.36. The number of hydrogen-bond acceptors (Lipinski definition) is 5. The van der Waals surface area contributed by atoms with E-state index in [-0.39, 0.29) is 36.3 Å². The van der Waals surface area contributed by atoms with Crippen molar-refractivity contribution in [1.82, 2.24) is 4.90 Å². The van der Waals surface area contributed by atoms with Gasteiger partial charge in [-0.1, -0.05) is 29.8 Å². The van der Waals surface area contributed by atoms with E-state index < -0.39 is 5.97 Å². The van der Waals surface area contributed by atoms with Crippen LogP contribution in [0.1, 0.15) is 49.0 Å². The zero-order valence-electron chi connectivity index (χ0n) is 18.8. The zero-order chi connectivity index (χ0) is 23.1. The first-order chi connectivity index (χ1) is 15.3. The van der Waals surface area contributed by atoms with Crippen molar-refractivity contribution in [2.75, 3.05) is 17.7 Å². The van der Waals surface area contributed by atoms with E-state index in [0.717, 1.165) is 30.5 Å². The van der Waals surface area contributed by atoms with Crippen LogP contribution in [0.2, 0.25) is 0 Å². The fraction of sp³-hybridized carbons (Fsp3) is 0.400. The first-order valence-electron chi connectivity index (χ1n) is 10.9. The summed E-state index contributed by atoms with van der Waals surface area (Å²) in [6, 6.07) is 14.8. The normalized spacial score (nSPS) is 18.2. The van der Waals surface area contributed by atoms with Crippen LogP contribution in [0.4, 0.5) is 5.69 Å². The summed E-state index contributed by atoms with van der Waals surface area (Å²) >= 11 is 1.26. The minimum Gasteiger partial charge on any atom is -0.452 e. The van der Waals surface area contributed by atoms with Crippen molar-refractivity contribution >= 4 is 35.2 Å². The molecule has 6 nitrogen and oxygen atoms in total. The lowest BCUT2D eigenvalue weighted by molar-refractivity contribution is -0.140. The molecule has 2 atom stereocenters. The van der Waals surface area contributed by atoms with Crippen molar-refractivity contribution in [3.63, 3.8) is 0 Å². The lowest BCUT2D eigenvalue weighted by atomic mass is 9.97. The van der Waals surface area contributed by atoms with Crippen LogP contribution in [0.5, 0.6) is 0 Å². The van der Waals surface area contributed by atoms with Gasteiger partial charge in [-0.15, -0.1) is 11.8 Å². The van der Waals surface area contributed by atoms with Crippen molar-refractivity contribution in [3.8, 4) is 0 Å². The maximum absolute atomic E-state index is 12.7. The lowest BCUT2D eigenvalue weighted by Crippen LogP contribution is -2.49. The van der Waals surface area contributed by atoms with Gasteiger partial charge in [0, 0.05) is 22.7 Å². The molecule has 1 saturated heterocycles. The van der Waals surface area contributed by atoms with E-state index in [1.807, 2.05) is 49.9 Å². The molecule has 1 fully saturated rings. The number of carbonyl (C=O) groups excluding carboxylic acids is 3. The molecule has 1 aliphatic rings. The van der Waals surface area contributed by atoms with Gasteiger partial charge in [0.05, 0.1) is 11.3 Å². The van der Waals surface area contributed by atoms with Gasteiger partial charge in [0.25, 0.3) is 5.91 Å². The van der Waals surface area contributed by atoms with Gasteiger partial charge in [0.15, 0.2) is 6.61 Å². The van der Waals surface area contributed by atoms with Crippen LogP contribution in [-0.2, 0) is 14.3 Å². The summed E-state index contributed by atoms with van der Waals surface area (Å²) in [6.45, 7) is 5.77. The predicted molar refractivity (Wildman–Crippen MR) is 127 cm³/mol. The Bertz CT molecular complexity index is 951. The van der Waals surface area contributed by atoms with Crippen LogP contribution in [0.15, 0.2) is 53.4 Å². The molecular formula is C25H30N2O4S. The smallest absolute Gasteiger partial charge is 0.339 e. The molecule has 7 heteroatoms. The average molecular weight is 455 g/mol. The lowest BCUT2D eigenvalue weighted by Gasteiger charge is -2.38. The largest absolute Gasteiger partial charge is 0.452 e. The number of benzene rings is 2. The second kappa shape index (κ2) is 11.2. The van der Waals surface area contributed by atoms with Gasteiger partial charge in [-0.25, -0.2) is 4.79 Å². The molecule has 0 aliphatic carbocycles. The number of hydrogen-bond donors (Lipinski definition) is 1. The number of nitrogens with one attached hydrogen (secondary N) is 1. The first kappa shape index (κ1) is 23.9. The van der Waals surface area contributed by atoms with Crippen molar-refractivity contribution < 1.29 is 19.1 Å². The number of rotatable bonds is 7.